The van der Waals surface area contributed by atoms with Gasteiger partial charge in [0.15, 0.2) is 17.6 Å². The first kappa shape index (κ1) is 25.3. The van der Waals surface area contributed by atoms with Crippen LogP contribution in [0.5, 0.6) is 11.5 Å². The molecule has 0 N–H and O–H groups in total. The largest absolute Gasteiger partial charge is 0.493 e. The summed E-state index contributed by atoms with van der Waals surface area (Å²) in [4.78, 5) is 47.5. The van der Waals surface area contributed by atoms with Gasteiger partial charge in [-0.1, -0.05) is 60.2 Å². The van der Waals surface area contributed by atoms with E-state index < -0.39 is 29.9 Å². The van der Waals surface area contributed by atoms with Gasteiger partial charge in [-0.15, -0.1) is 0 Å². The number of carbonyl (C=O) groups excluding carboxylic acids is 3. The molecular formula is C32H26N2O6. The van der Waals surface area contributed by atoms with E-state index in [4.69, 9.17) is 14.3 Å². The molecule has 6 rings (SSSR count). The number of esters is 1. The van der Waals surface area contributed by atoms with Gasteiger partial charge in [-0.25, -0.2) is 14.8 Å². The Kier molecular flexibility index (Phi) is 6.53. The minimum absolute atomic E-state index is 0.233. The summed E-state index contributed by atoms with van der Waals surface area (Å²) in [6, 6.07) is 29.7. The number of hydrogen-bond donors (Lipinski definition) is 0. The van der Waals surface area contributed by atoms with E-state index in [1.165, 1.54) is 12.0 Å². The number of anilines is 2. The summed E-state index contributed by atoms with van der Waals surface area (Å²) < 4.78 is 11.2. The van der Waals surface area contributed by atoms with Gasteiger partial charge in [0.25, 0.3) is 5.91 Å². The highest BCUT2D eigenvalue weighted by atomic mass is 16.7. The number of imide groups is 1. The van der Waals surface area contributed by atoms with Crippen LogP contribution in [0.15, 0.2) is 103 Å². The quantitative estimate of drug-likeness (QED) is 0.189. The average Bonchev–Trinajstić information content (AvgIpc) is 3.50. The van der Waals surface area contributed by atoms with E-state index in [0.29, 0.717) is 28.3 Å². The molecular weight excluding hydrogens is 508 g/mol. The summed E-state index contributed by atoms with van der Waals surface area (Å²) in [7, 11) is 1.48. The van der Waals surface area contributed by atoms with Crippen LogP contribution in [0.4, 0.5) is 11.4 Å². The monoisotopic (exact) mass is 534 g/mol. The molecule has 0 spiro atoms. The van der Waals surface area contributed by atoms with Crippen LogP contribution < -0.4 is 19.4 Å². The molecule has 2 aliphatic heterocycles. The third-order valence-corrected chi connectivity index (χ3v) is 7.16. The molecule has 0 radical (unpaired) electrons. The van der Waals surface area contributed by atoms with Gasteiger partial charge in [0.2, 0.25) is 5.91 Å². The highest BCUT2D eigenvalue weighted by molar-refractivity contribution is 6.23. The molecule has 8 heteroatoms. The highest BCUT2D eigenvalue weighted by Gasteiger charge is 2.60. The van der Waals surface area contributed by atoms with Crippen molar-refractivity contribution >= 4 is 29.2 Å². The summed E-state index contributed by atoms with van der Waals surface area (Å²) in [5.41, 5.74) is 3.29. The van der Waals surface area contributed by atoms with Crippen LogP contribution in [-0.2, 0) is 14.4 Å². The number of hydrogen-bond acceptors (Lipinski definition) is 7. The predicted molar refractivity (Wildman–Crippen MR) is 148 cm³/mol. The smallest absolute Gasteiger partial charge is 0.343 e. The van der Waals surface area contributed by atoms with E-state index in [-0.39, 0.29) is 11.7 Å². The van der Waals surface area contributed by atoms with Crippen LogP contribution in [-0.4, -0.2) is 31.0 Å². The van der Waals surface area contributed by atoms with Crippen LogP contribution in [0.2, 0.25) is 0 Å². The molecule has 0 aromatic heterocycles. The second-order valence-electron chi connectivity index (χ2n) is 9.67. The number of hydroxylamine groups is 1. The van der Waals surface area contributed by atoms with Gasteiger partial charge in [-0.05, 0) is 61.0 Å². The zero-order chi connectivity index (χ0) is 27.8. The summed E-state index contributed by atoms with van der Waals surface area (Å²) in [6.45, 7) is 1.94. The Labute approximate surface area is 231 Å². The average molecular weight is 535 g/mol. The van der Waals surface area contributed by atoms with Crippen molar-refractivity contribution in [3.63, 3.8) is 0 Å². The maximum atomic E-state index is 13.9. The SMILES string of the molecule is COc1cc(C2C3C(=O)N(c4ccc(C)cc4)C(=O)C3ON2c2ccccc2)ccc1OC(=O)c1ccccc1. The van der Waals surface area contributed by atoms with E-state index in [1.807, 2.05) is 55.5 Å². The van der Waals surface area contributed by atoms with Gasteiger partial charge < -0.3 is 9.47 Å². The molecule has 4 aromatic rings. The third kappa shape index (κ3) is 4.38. The number of carbonyl (C=O) groups is 3. The Balaban J connectivity index is 1.38. The molecule has 40 heavy (non-hydrogen) atoms. The molecule has 2 fully saturated rings. The van der Waals surface area contributed by atoms with E-state index in [0.717, 1.165) is 5.56 Å². The fraction of sp³-hybridized carbons (Fsp3) is 0.156. The third-order valence-electron chi connectivity index (χ3n) is 7.16. The molecule has 4 aromatic carbocycles. The summed E-state index contributed by atoms with van der Waals surface area (Å²) in [5, 5.41) is 1.61. The lowest BCUT2D eigenvalue weighted by molar-refractivity contribution is -0.126. The van der Waals surface area contributed by atoms with Crippen molar-refractivity contribution in [3.05, 3.63) is 120 Å². The molecule has 2 amide bonds. The number of benzene rings is 4. The Morgan fingerprint density at radius 1 is 0.775 bits per heavy atom. The minimum atomic E-state index is -0.999. The van der Waals surface area contributed by atoms with Crippen LogP contribution in [0.3, 0.4) is 0 Å². The first-order chi connectivity index (χ1) is 19.5. The molecule has 3 atom stereocenters. The maximum Gasteiger partial charge on any atom is 0.343 e. The van der Waals surface area contributed by atoms with Crippen LogP contribution in [0.25, 0.3) is 0 Å². The number of methoxy groups -OCH3 is 1. The molecule has 0 aliphatic carbocycles. The maximum absolute atomic E-state index is 13.9. The van der Waals surface area contributed by atoms with Crippen molar-refractivity contribution in [2.75, 3.05) is 17.1 Å². The van der Waals surface area contributed by atoms with E-state index in [1.54, 1.807) is 59.7 Å². The molecule has 3 unspecified atom stereocenters. The number of fused-ring (bicyclic) bond motifs is 1. The van der Waals surface area contributed by atoms with Gasteiger partial charge in [0, 0.05) is 0 Å². The predicted octanol–water partition coefficient (Wildman–Crippen LogP) is 5.27. The number of para-hydroxylation sites is 1. The lowest BCUT2D eigenvalue weighted by atomic mass is 9.90. The van der Waals surface area contributed by atoms with E-state index >= 15 is 0 Å². The van der Waals surface area contributed by atoms with Crippen molar-refractivity contribution in [1.29, 1.82) is 0 Å². The Morgan fingerprint density at radius 3 is 2.12 bits per heavy atom. The van der Waals surface area contributed by atoms with Crippen molar-refractivity contribution < 1.29 is 28.7 Å². The zero-order valence-corrected chi connectivity index (χ0v) is 21.9. The summed E-state index contributed by atoms with van der Waals surface area (Å²) in [5.74, 6) is -1.55. The van der Waals surface area contributed by atoms with Gasteiger partial charge in [-0.3, -0.25) is 14.4 Å². The highest BCUT2D eigenvalue weighted by Crippen LogP contribution is 2.48. The second kappa shape index (κ2) is 10.3. The Morgan fingerprint density at radius 2 is 1.45 bits per heavy atom. The molecule has 0 bridgehead atoms. The van der Waals surface area contributed by atoms with Gasteiger partial charge >= 0.3 is 5.97 Å². The first-order valence-electron chi connectivity index (χ1n) is 12.9. The number of amides is 2. The molecule has 0 saturated carbocycles. The van der Waals surface area contributed by atoms with Gasteiger partial charge in [0.1, 0.15) is 5.92 Å². The number of nitrogens with zero attached hydrogens (tertiary/aromatic N) is 2. The van der Waals surface area contributed by atoms with Crippen molar-refractivity contribution in [2.45, 2.75) is 19.1 Å². The van der Waals surface area contributed by atoms with Crippen molar-refractivity contribution in [1.82, 2.24) is 0 Å². The normalized spacial score (nSPS) is 20.0. The molecule has 2 heterocycles. The Hall–Kier alpha value is -4.95. The summed E-state index contributed by atoms with van der Waals surface area (Å²) >= 11 is 0. The number of aryl methyl sites for hydroxylation is 1. The Bertz CT molecular complexity index is 1570. The first-order valence-corrected chi connectivity index (χ1v) is 12.9. The van der Waals surface area contributed by atoms with Gasteiger partial charge in [-0.2, -0.15) is 0 Å². The molecule has 200 valence electrons. The fourth-order valence-electron chi connectivity index (χ4n) is 5.19. The zero-order valence-electron chi connectivity index (χ0n) is 21.9. The molecule has 2 aliphatic rings. The topological polar surface area (TPSA) is 85.4 Å². The molecule has 2 saturated heterocycles. The molecule has 8 nitrogen and oxygen atoms in total. The van der Waals surface area contributed by atoms with Crippen molar-refractivity contribution in [2.24, 2.45) is 5.92 Å². The number of ether oxygens (including phenoxy) is 2. The van der Waals surface area contributed by atoms with Crippen LogP contribution in [0.1, 0.15) is 27.5 Å². The minimum Gasteiger partial charge on any atom is -0.493 e. The fourth-order valence-corrected chi connectivity index (χ4v) is 5.19. The standard InChI is InChI=1S/C32H26N2O6/c1-20-13-16-23(17-14-20)33-30(35)27-28(34(40-29(27)31(33)36)24-11-7-4-8-12-24)22-15-18-25(26(19-22)38-2)39-32(37)21-9-5-3-6-10-21/h3-19,27-29H,1-2H3. The summed E-state index contributed by atoms with van der Waals surface area (Å²) in [6.07, 6.45) is -0.999. The van der Waals surface area contributed by atoms with Crippen LogP contribution in [0, 0.1) is 12.8 Å². The van der Waals surface area contributed by atoms with Gasteiger partial charge in [0.05, 0.1) is 30.1 Å². The second-order valence-corrected chi connectivity index (χ2v) is 9.67. The van der Waals surface area contributed by atoms with Crippen molar-refractivity contribution in [3.8, 4) is 11.5 Å². The van der Waals surface area contributed by atoms with E-state index in [9.17, 15) is 14.4 Å². The lowest BCUT2D eigenvalue weighted by Gasteiger charge is -2.29. The van der Waals surface area contributed by atoms with Crippen LogP contribution >= 0.6 is 0 Å². The number of rotatable bonds is 6. The van der Waals surface area contributed by atoms with E-state index in [2.05, 4.69) is 0 Å². The lowest BCUT2D eigenvalue weighted by Crippen LogP contribution is -2.37.